The molecular formula is C41H20F12N2. The number of nitrogens with zero attached hydrogens (tertiary/aromatic N) is 2. The molecule has 2 aliphatic carbocycles. The van der Waals surface area contributed by atoms with Gasteiger partial charge in [-0.1, -0.05) is 73.3 Å². The average Bonchev–Trinajstić information content (AvgIpc) is 3.59. The first-order chi connectivity index (χ1) is 25.6. The standard InChI is InChI=1S/C41H20F12N2/c1-3-21(5-4-20(2)38(42,43)44)23-8-12-26-30(16-23)34(32(18-54)40(48,49)50)28-14-15-29-35(33(19-55)41(51,52)53)31-17-24(9-13-27(31)37(29)36(26)28)22-6-10-25(11-7-22)39(45,46)47/h3-17H,1H2,2H3/b20-4+,21-5+,34-32-,35-33-. The van der Waals surface area contributed by atoms with E-state index in [4.69, 9.17) is 0 Å². The van der Waals surface area contributed by atoms with Crippen LogP contribution < -0.4 is 0 Å². The number of allylic oxidation sites excluding steroid dienone is 7. The van der Waals surface area contributed by atoms with E-state index in [1.54, 1.807) is 0 Å². The van der Waals surface area contributed by atoms with Crippen LogP contribution in [0.1, 0.15) is 40.3 Å². The van der Waals surface area contributed by atoms with Crippen molar-refractivity contribution < 1.29 is 52.7 Å². The topological polar surface area (TPSA) is 47.6 Å². The van der Waals surface area contributed by atoms with E-state index in [1.165, 1.54) is 54.6 Å². The van der Waals surface area contributed by atoms with Gasteiger partial charge in [0.15, 0.2) is 0 Å². The van der Waals surface area contributed by atoms with Crippen LogP contribution in [0.15, 0.2) is 114 Å². The average molecular weight is 769 g/mol. The maximum absolute atomic E-state index is 14.5. The van der Waals surface area contributed by atoms with Gasteiger partial charge < -0.3 is 0 Å². The zero-order valence-electron chi connectivity index (χ0n) is 27.8. The van der Waals surface area contributed by atoms with Gasteiger partial charge in [-0.05, 0) is 98.0 Å². The fourth-order valence-corrected chi connectivity index (χ4v) is 6.67. The van der Waals surface area contributed by atoms with E-state index >= 15 is 0 Å². The molecule has 2 nitrogen and oxygen atoms in total. The summed E-state index contributed by atoms with van der Waals surface area (Å²) in [6.07, 6.45) is -16.8. The van der Waals surface area contributed by atoms with Crippen LogP contribution in [0.5, 0.6) is 0 Å². The van der Waals surface area contributed by atoms with Gasteiger partial charge in [0.1, 0.15) is 23.3 Å². The van der Waals surface area contributed by atoms with Crippen LogP contribution in [0.3, 0.4) is 0 Å². The molecule has 0 N–H and O–H groups in total. The van der Waals surface area contributed by atoms with Crippen molar-refractivity contribution in [2.75, 3.05) is 0 Å². The molecule has 4 aromatic carbocycles. The molecule has 0 aromatic heterocycles. The first-order valence-corrected chi connectivity index (χ1v) is 15.8. The smallest absolute Gasteiger partial charge is 0.192 e. The van der Waals surface area contributed by atoms with Gasteiger partial charge in [0, 0.05) is 16.7 Å². The van der Waals surface area contributed by atoms with Gasteiger partial charge in [-0.15, -0.1) is 0 Å². The van der Waals surface area contributed by atoms with Crippen LogP contribution in [0.25, 0.3) is 50.1 Å². The highest BCUT2D eigenvalue weighted by Gasteiger charge is 2.45. The predicted molar refractivity (Wildman–Crippen MR) is 181 cm³/mol. The number of hydrogen-bond donors (Lipinski definition) is 0. The second-order valence-corrected chi connectivity index (χ2v) is 12.4. The Kier molecular flexibility index (Phi) is 9.25. The molecule has 55 heavy (non-hydrogen) atoms. The van der Waals surface area contributed by atoms with E-state index in [0.29, 0.717) is 0 Å². The zero-order chi connectivity index (χ0) is 40.4. The summed E-state index contributed by atoms with van der Waals surface area (Å²) >= 11 is 0. The molecular weight excluding hydrogens is 748 g/mol. The summed E-state index contributed by atoms with van der Waals surface area (Å²) in [5, 5.41) is 19.6. The normalized spacial score (nSPS) is 16.1. The van der Waals surface area contributed by atoms with Crippen molar-refractivity contribution in [1.82, 2.24) is 0 Å². The van der Waals surface area contributed by atoms with Crippen molar-refractivity contribution in [2.24, 2.45) is 0 Å². The SMILES string of the molecule is C=C/C(=C\C=C(/C)C(F)(F)F)c1ccc2c(c1)/C(=C(/C#N)C(F)(F)F)c1ccc3c(c1-2)-c1ccc(-c2ccc(C(F)(F)F)cc2)cc1/C3=C(/C#N)C(F)(F)F. The Labute approximate surface area is 304 Å². The van der Waals surface area contributed by atoms with Gasteiger partial charge in [-0.3, -0.25) is 0 Å². The molecule has 0 fully saturated rings. The maximum Gasteiger partial charge on any atom is 0.426 e. The molecule has 2 aliphatic rings. The molecule has 0 unspecified atom stereocenters. The molecule has 0 saturated heterocycles. The van der Waals surface area contributed by atoms with Crippen molar-refractivity contribution in [2.45, 2.75) is 31.6 Å². The summed E-state index contributed by atoms with van der Waals surface area (Å²) in [4.78, 5) is 0. The molecule has 278 valence electrons. The third kappa shape index (κ3) is 6.73. The largest absolute Gasteiger partial charge is 0.426 e. The van der Waals surface area contributed by atoms with Gasteiger partial charge in [-0.2, -0.15) is 63.2 Å². The highest BCUT2D eigenvalue weighted by atomic mass is 19.4. The van der Waals surface area contributed by atoms with E-state index in [1.807, 2.05) is 0 Å². The third-order valence-corrected chi connectivity index (χ3v) is 9.21. The van der Waals surface area contributed by atoms with Gasteiger partial charge >= 0.3 is 24.7 Å². The molecule has 0 saturated carbocycles. The summed E-state index contributed by atoms with van der Waals surface area (Å²) in [7, 11) is 0. The van der Waals surface area contributed by atoms with Gasteiger partial charge in [0.2, 0.25) is 0 Å². The molecule has 0 aliphatic heterocycles. The Morgan fingerprint density at radius 3 is 1.44 bits per heavy atom. The zero-order valence-corrected chi connectivity index (χ0v) is 27.8. The molecule has 0 radical (unpaired) electrons. The molecule has 0 spiro atoms. The minimum atomic E-state index is -5.23. The van der Waals surface area contributed by atoms with Crippen LogP contribution in [-0.2, 0) is 6.18 Å². The van der Waals surface area contributed by atoms with E-state index in [9.17, 15) is 63.2 Å². The van der Waals surface area contributed by atoms with Crippen molar-refractivity contribution in [3.05, 3.63) is 148 Å². The number of hydrogen-bond acceptors (Lipinski definition) is 2. The number of rotatable bonds is 4. The maximum atomic E-state index is 14.5. The van der Waals surface area contributed by atoms with Crippen LogP contribution in [0.2, 0.25) is 0 Å². The number of halogens is 12. The van der Waals surface area contributed by atoms with E-state index < -0.39 is 58.1 Å². The second-order valence-electron chi connectivity index (χ2n) is 12.4. The van der Waals surface area contributed by atoms with Crippen LogP contribution >= 0.6 is 0 Å². The molecule has 0 atom stereocenters. The molecule has 0 heterocycles. The monoisotopic (exact) mass is 768 g/mol. The predicted octanol–water partition coefficient (Wildman–Crippen LogP) is 13.2. The van der Waals surface area contributed by atoms with Gasteiger partial charge in [0.25, 0.3) is 0 Å². The lowest BCUT2D eigenvalue weighted by Crippen LogP contribution is -2.13. The summed E-state index contributed by atoms with van der Waals surface area (Å²) in [5.74, 6) is 0. The first kappa shape index (κ1) is 38.4. The summed E-state index contributed by atoms with van der Waals surface area (Å²) < 4.78 is 166. The molecule has 4 aromatic rings. The Hall–Kier alpha value is -6.28. The van der Waals surface area contributed by atoms with Crippen molar-refractivity contribution in [1.29, 1.82) is 10.5 Å². The number of alkyl halides is 12. The van der Waals surface area contributed by atoms with Gasteiger partial charge in [-0.25, -0.2) is 0 Å². The first-order valence-electron chi connectivity index (χ1n) is 15.8. The van der Waals surface area contributed by atoms with Crippen molar-refractivity contribution in [3.8, 4) is 45.5 Å². The fraction of sp³-hybridized carbons (Fsp3) is 0.122. The summed E-state index contributed by atoms with van der Waals surface area (Å²) in [6.45, 7) is 4.40. The summed E-state index contributed by atoms with van der Waals surface area (Å²) in [5.41, 5.74) is -6.68. The number of benzene rings is 4. The van der Waals surface area contributed by atoms with E-state index in [0.717, 1.165) is 55.5 Å². The highest BCUT2D eigenvalue weighted by molar-refractivity contribution is 6.15. The lowest BCUT2D eigenvalue weighted by molar-refractivity contribution is -0.137. The minimum absolute atomic E-state index is 0.00912. The Morgan fingerprint density at radius 2 is 1.00 bits per heavy atom. The second kappa shape index (κ2) is 13.2. The van der Waals surface area contributed by atoms with Crippen molar-refractivity contribution in [3.63, 3.8) is 0 Å². The minimum Gasteiger partial charge on any atom is -0.192 e. The van der Waals surface area contributed by atoms with Crippen molar-refractivity contribution >= 4 is 16.7 Å². The Bertz CT molecular complexity index is 2500. The van der Waals surface area contributed by atoms with E-state index in [-0.39, 0.29) is 66.8 Å². The van der Waals surface area contributed by atoms with Gasteiger partial charge in [0.05, 0.1) is 5.56 Å². The number of fused-ring (bicyclic) bond motifs is 7. The number of nitriles is 2. The lowest BCUT2D eigenvalue weighted by Gasteiger charge is -2.13. The molecule has 0 bridgehead atoms. The molecule has 6 rings (SSSR count). The highest BCUT2D eigenvalue weighted by Crippen LogP contribution is 2.59. The Morgan fingerprint density at radius 1 is 0.545 bits per heavy atom. The quantitative estimate of drug-likeness (QED) is 0.102. The lowest BCUT2D eigenvalue weighted by atomic mass is 9.91. The van der Waals surface area contributed by atoms with E-state index in [2.05, 4.69) is 6.58 Å². The van der Waals surface area contributed by atoms with Crippen LogP contribution in [0, 0.1) is 22.7 Å². The van der Waals surface area contributed by atoms with Crippen LogP contribution in [0.4, 0.5) is 52.7 Å². The summed E-state index contributed by atoms with van der Waals surface area (Å²) in [6, 6.07) is 16.2. The van der Waals surface area contributed by atoms with Crippen LogP contribution in [-0.4, -0.2) is 18.5 Å². The Balaban J connectivity index is 1.68. The molecule has 0 amide bonds. The molecule has 14 heteroatoms. The third-order valence-electron chi connectivity index (χ3n) is 9.21. The fourth-order valence-electron chi connectivity index (χ4n) is 6.67.